The largest absolute Gasteiger partial charge is 0.493 e. The Bertz CT molecular complexity index is 1560. The van der Waals surface area contributed by atoms with E-state index in [9.17, 15) is 22.0 Å². The van der Waals surface area contributed by atoms with E-state index in [0.717, 1.165) is 49.6 Å². The first-order valence-electron chi connectivity index (χ1n) is 11.7. The molecule has 0 bridgehead atoms. The molecular formula is C31H21F5O. The number of halogens is 5. The third-order valence-electron chi connectivity index (χ3n) is 5.55. The zero-order valence-electron chi connectivity index (χ0n) is 19.9. The van der Waals surface area contributed by atoms with Gasteiger partial charge in [-0.05, 0) is 59.7 Å². The summed E-state index contributed by atoms with van der Waals surface area (Å²) in [6.45, 7) is 2.41. The molecule has 4 aromatic carbocycles. The normalized spacial score (nSPS) is 10.4. The van der Waals surface area contributed by atoms with Crippen LogP contribution in [0, 0.1) is 52.8 Å². The molecule has 6 heteroatoms. The SMILES string of the molecule is CCCCCOc1cc(F)c(C#Cc2ccc(C#Cc3ccc4cc(F)c(F)cc4c3)c(F)c2)c(F)c1. The molecule has 0 aromatic heterocycles. The quantitative estimate of drug-likeness (QED) is 0.153. The Kier molecular flexibility index (Phi) is 8.11. The molecule has 4 rings (SSSR count). The Balaban J connectivity index is 1.50. The molecule has 37 heavy (non-hydrogen) atoms. The molecule has 0 N–H and O–H groups in total. The number of fused-ring (bicyclic) bond motifs is 1. The highest BCUT2D eigenvalue weighted by molar-refractivity contribution is 5.84. The molecule has 0 saturated heterocycles. The van der Waals surface area contributed by atoms with Gasteiger partial charge in [0.1, 0.15) is 23.2 Å². The highest BCUT2D eigenvalue weighted by atomic mass is 19.2. The van der Waals surface area contributed by atoms with Gasteiger partial charge in [-0.15, -0.1) is 0 Å². The van der Waals surface area contributed by atoms with Crippen molar-refractivity contribution < 1.29 is 26.7 Å². The molecule has 0 spiro atoms. The van der Waals surface area contributed by atoms with Gasteiger partial charge in [-0.25, -0.2) is 22.0 Å². The van der Waals surface area contributed by atoms with Gasteiger partial charge < -0.3 is 4.74 Å². The summed E-state index contributed by atoms with van der Waals surface area (Å²) in [6.07, 6.45) is 2.75. The van der Waals surface area contributed by atoms with Crippen molar-refractivity contribution in [2.75, 3.05) is 6.61 Å². The Morgan fingerprint density at radius 2 is 1.24 bits per heavy atom. The molecule has 4 aromatic rings. The average Bonchev–Trinajstić information content (AvgIpc) is 2.86. The van der Waals surface area contributed by atoms with Crippen LogP contribution in [0.1, 0.15) is 48.4 Å². The molecule has 0 radical (unpaired) electrons. The van der Waals surface area contributed by atoms with Gasteiger partial charge in [0.15, 0.2) is 11.6 Å². The van der Waals surface area contributed by atoms with Crippen molar-refractivity contribution in [2.24, 2.45) is 0 Å². The summed E-state index contributed by atoms with van der Waals surface area (Å²) >= 11 is 0. The molecule has 0 saturated carbocycles. The summed E-state index contributed by atoms with van der Waals surface area (Å²) in [4.78, 5) is 0. The molecule has 186 valence electrons. The number of rotatable bonds is 5. The first-order valence-corrected chi connectivity index (χ1v) is 11.7. The smallest absolute Gasteiger partial charge is 0.159 e. The standard InChI is InChI=1S/C31H21F5O/c1-2-3-4-13-37-25-18-28(33)26(29(34)19-25)12-8-21-6-10-22(27(32)15-21)9-5-20-7-11-23-16-30(35)31(36)17-24(23)14-20/h6-7,10-11,14-19H,2-4,13H2,1H3. The van der Waals surface area contributed by atoms with E-state index >= 15 is 0 Å². The fourth-order valence-corrected chi connectivity index (χ4v) is 3.58. The highest BCUT2D eigenvalue weighted by Crippen LogP contribution is 2.22. The van der Waals surface area contributed by atoms with Crippen LogP contribution < -0.4 is 4.74 Å². The highest BCUT2D eigenvalue weighted by Gasteiger charge is 2.10. The zero-order chi connectivity index (χ0) is 26.4. The summed E-state index contributed by atoms with van der Waals surface area (Å²) < 4.78 is 75.6. The summed E-state index contributed by atoms with van der Waals surface area (Å²) in [7, 11) is 0. The molecular weight excluding hydrogens is 483 g/mol. The van der Waals surface area contributed by atoms with Gasteiger partial charge in [0.25, 0.3) is 0 Å². The van der Waals surface area contributed by atoms with E-state index in [1.807, 2.05) is 6.92 Å². The van der Waals surface area contributed by atoms with E-state index < -0.39 is 34.6 Å². The second-order valence-electron chi connectivity index (χ2n) is 8.34. The molecule has 0 unspecified atom stereocenters. The Labute approximate surface area is 211 Å². The lowest BCUT2D eigenvalue weighted by Gasteiger charge is -2.07. The topological polar surface area (TPSA) is 9.23 Å². The van der Waals surface area contributed by atoms with Crippen molar-refractivity contribution in [1.82, 2.24) is 0 Å². The lowest BCUT2D eigenvalue weighted by atomic mass is 10.1. The van der Waals surface area contributed by atoms with Crippen LogP contribution in [0.3, 0.4) is 0 Å². The third-order valence-corrected chi connectivity index (χ3v) is 5.55. The number of ether oxygens (including phenoxy) is 1. The lowest BCUT2D eigenvalue weighted by Crippen LogP contribution is -2.00. The van der Waals surface area contributed by atoms with Crippen LogP contribution in [0.25, 0.3) is 10.8 Å². The zero-order valence-corrected chi connectivity index (χ0v) is 19.9. The summed E-state index contributed by atoms with van der Waals surface area (Å²) in [5.41, 5.74) is 0.353. The molecule has 0 amide bonds. The number of benzene rings is 4. The maximum Gasteiger partial charge on any atom is 0.159 e. The van der Waals surface area contributed by atoms with Crippen LogP contribution in [-0.4, -0.2) is 6.61 Å². The molecule has 0 heterocycles. The third kappa shape index (κ3) is 6.48. The molecule has 0 aliphatic carbocycles. The van der Waals surface area contributed by atoms with Crippen LogP contribution in [-0.2, 0) is 0 Å². The van der Waals surface area contributed by atoms with Crippen LogP contribution in [0.15, 0.2) is 60.7 Å². The fourth-order valence-electron chi connectivity index (χ4n) is 3.58. The number of hydrogen-bond donors (Lipinski definition) is 0. The molecule has 0 atom stereocenters. The minimum Gasteiger partial charge on any atom is -0.493 e. The fraction of sp³-hybridized carbons (Fsp3) is 0.161. The Hall–Kier alpha value is -4.29. The average molecular weight is 504 g/mol. The first kappa shape index (κ1) is 25.8. The van der Waals surface area contributed by atoms with Gasteiger partial charge >= 0.3 is 0 Å². The van der Waals surface area contributed by atoms with Gasteiger partial charge in [-0.1, -0.05) is 49.5 Å². The Morgan fingerprint density at radius 3 is 1.95 bits per heavy atom. The van der Waals surface area contributed by atoms with Crippen molar-refractivity contribution in [3.63, 3.8) is 0 Å². The van der Waals surface area contributed by atoms with E-state index in [1.165, 1.54) is 12.1 Å². The Morgan fingerprint density at radius 1 is 0.595 bits per heavy atom. The molecule has 1 nitrogen and oxygen atoms in total. The summed E-state index contributed by atoms with van der Waals surface area (Å²) in [5, 5.41) is 0.980. The summed E-state index contributed by atoms with van der Waals surface area (Å²) in [5.74, 6) is 6.27. The lowest BCUT2D eigenvalue weighted by molar-refractivity contribution is 0.303. The molecule has 0 aliphatic rings. The van der Waals surface area contributed by atoms with Gasteiger partial charge in [0, 0.05) is 23.3 Å². The summed E-state index contributed by atoms with van der Waals surface area (Å²) in [6, 6.07) is 13.1. The predicted octanol–water partition coefficient (Wildman–Crippen LogP) is 7.90. The van der Waals surface area contributed by atoms with E-state index in [-0.39, 0.29) is 16.9 Å². The minimum absolute atomic E-state index is 0.0814. The van der Waals surface area contributed by atoms with Crippen molar-refractivity contribution in [3.05, 3.63) is 112 Å². The van der Waals surface area contributed by atoms with Crippen molar-refractivity contribution >= 4 is 10.8 Å². The number of hydrogen-bond acceptors (Lipinski definition) is 1. The van der Waals surface area contributed by atoms with Crippen LogP contribution in [0.2, 0.25) is 0 Å². The van der Waals surface area contributed by atoms with Crippen LogP contribution in [0.5, 0.6) is 5.75 Å². The van der Waals surface area contributed by atoms with Crippen LogP contribution >= 0.6 is 0 Å². The maximum atomic E-state index is 14.6. The van der Waals surface area contributed by atoms with Crippen molar-refractivity contribution in [2.45, 2.75) is 26.2 Å². The van der Waals surface area contributed by atoms with Gasteiger partial charge in [0.2, 0.25) is 0 Å². The van der Waals surface area contributed by atoms with Crippen LogP contribution in [0.4, 0.5) is 22.0 Å². The monoisotopic (exact) mass is 504 g/mol. The van der Waals surface area contributed by atoms with Crippen molar-refractivity contribution in [3.8, 4) is 29.4 Å². The van der Waals surface area contributed by atoms with Gasteiger partial charge in [-0.3, -0.25) is 0 Å². The van der Waals surface area contributed by atoms with E-state index in [0.29, 0.717) is 22.9 Å². The first-order chi connectivity index (χ1) is 17.8. The minimum atomic E-state index is -0.966. The van der Waals surface area contributed by atoms with E-state index in [2.05, 4.69) is 23.7 Å². The molecule has 0 fully saturated rings. The predicted molar refractivity (Wildman–Crippen MR) is 134 cm³/mol. The molecule has 0 aliphatic heterocycles. The van der Waals surface area contributed by atoms with Gasteiger partial charge in [-0.2, -0.15) is 0 Å². The second kappa shape index (κ2) is 11.6. The number of unbranched alkanes of at least 4 members (excludes halogenated alkanes) is 2. The second-order valence-corrected chi connectivity index (χ2v) is 8.34. The van der Waals surface area contributed by atoms with E-state index in [1.54, 1.807) is 18.2 Å². The maximum absolute atomic E-state index is 14.6. The van der Waals surface area contributed by atoms with Gasteiger partial charge in [0.05, 0.1) is 17.7 Å². The van der Waals surface area contributed by atoms with E-state index in [4.69, 9.17) is 4.74 Å². The van der Waals surface area contributed by atoms with Crippen molar-refractivity contribution in [1.29, 1.82) is 0 Å².